The average molecular weight is 424 g/mol. The van der Waals surface area contributed by atoms with Gasteiger partial charge in [-0.2, -0.15) is 0 Å². The van der Waals surface area contributed by atoms with Crippen molar-refractivity contribution < 1.29 is 23.9 Å². The van der Waals surface area contributed by atoms with Gasteiger partial charge in [-0.05, 0) is 42.7 Å². The van der Waals surface area contributed by atoms with Gasteiger partial charge in [-0.1, -0.05) is 50.9 Å². The zero-order valence-corrected chi connectivity index (χ0v) is 18.0. The number of esters is 2. The predicted octanol–water partition coefficient (Wildman–Crippen LogP) is 4.01. The lowest BCUT2D eigenvalue weighted by Crippen LogP contribution is -2.37. The summed E-state index contributed by atoms with van der Waals surface area (Å²) in [4.78, 5) is 36.0. The summed E-state index contributed by atoms with van der Waals surface area (Å²) in [6.45, 7) is 6.12. The van der Waals surface area contributed by atoms with Crippen molar-refractivity contribution in [2.24, 2.45) is 17.8 Å². The second-order valence-electron chi connectivity index (χ2n) is 8.00. The standard InChI is InChI=1S/C22H30ClNO5/c1-14(2)16-9-8-15(3)12-19(16)29-21(26)13-28-20(25)10-11-24-22(27)17-6-4-5-7-18(17)23/h4-7,14-16,19H,8-13H2,1-3H3,(H,24,27)/t15-,16-,19-/m1/s1. The average Bonchev–Trinajstić information content (AvgIpc) is 2.66. The monoisotopic (exact) mass is 423 g/mol. The lowest BCUT2D eigenvalue weighted by molar-refractivity contribution is -0.167. The number of carbonyl (C=O) groups is 3. The van der Waals surface area contributed by atoms with Gasteiger partial charge in [0, 0.05) is 6.54 Å². The number of carbonyl (C=O) groups excluding carboxylic acids is 3. The van der Waals surface area contributed by atoms with Gasteiger partial charge < -0.3 is 14.8 Å². The molecule has 1 N–H and O–H groups in total. The van der Waals surface area contributed by atoms with E-state index >= 15 is 0 Å². The molecule has 0 heterocycles. The fourth-order valence-corrected chi connectivity index (χ4v) is 3.90. The Labute approximate surface area is 177 Å². The number of hydrogen-bond acceptors (Lipinski definition) is 5. The summed E-state index contributed by atoms with van der Waals surface area (Å²) in [7, 11) is 0. The molecule has 0 bridgehead atoms. The minimum absolute atomic E-state index is 0.0431. The molecule has 1 aliphatic rings. The molecule has 1 aliphatic carbocycles. The highest BCUT2D eigenvalue weighted by molar-refractivity contribution is 6.33. The van der Waals surface area contributed by atoms with E-state index in [1.165, 1.54) is 0 Å². The van der Waals surface area contributed by atoms with Crippen LogP contribution in [0.3, 0.4) is 0 Å². The lowest BCUT2D eigenvalue weighted by Gasteiger charge is -2.36. The highest BCUT2D eigenvalue weighted by atomic mass is 35.5. The maximum Gasteiger partial charge on any atom is 0.344 e. The maximum absolute atomic E-state index is 12.1. The van der Waals surface area contributed by atoms with Crippen molar-refractivity contribution in [2.75, 3.05) is 13.2 Å². The van der Waals surface area contributed by atoms with Crippen LogP contribution in [-0.4, -0.2) is 37.1 Å². The van der Waals surface area contributed by atoms with E-state index in [1.54, 1.807) is 24.3 Å². The molecule has 0 unspecified atom stereocenters. The summed E-state index contributed by atoms with van der Waals surface area (Å²) in [6, 6.07) is 6.65. The Bertz CT molecular complexity index is 721. The van der Waals surface area contributed by atoms with E-state index in [1.807, 2.05) is 0 Å². The zero-order valence-electron chi connectivity index (χ0n) is 17.3. The van der Waals surface area contributed by atoms with Gasteiger partial charge in [0.05, 0.1) is 17.0 Å². The van der Waals surface area contributed by atoms with E-state index in [9.17, 15) is 14.4 Å². The first-order valence-corrected chi connectivity index (χ1v) is 10.5. The first-order chi connectivity index (χ1) is 13.8. The molecule has 6 nitrogen and oxygen atoms in total. The minimum atomic E-state index is -0.571. The molecule has 160 valence electrons. The molecule has 0 aromatic heterocycles. The third-order valence-electron chi connectivity index (χ3n) is 5.33. The molecule has 2 rings (SSSR count). The van der Waals surface area contributed by atoms with Gasteiger partial charge in [-0.3, -0.25) is 9.59 Å². The zero-order chi connectivity index (χ0) is 21.4. The van der Waals surface area contributed by atoms with E-state index < -0.39 is 18.5 Å². The fourth-order valence-electron chi connectivity index (χ4n) is 3.68. The Hall–Kier alpha value is -2.08. The number of hydrogen-bond donors (Lipinski definition) is 1. The first kappa shape index (κ1) is 23.2. The van der Waals surface area contributed by atoms with Crippen LogP contribution >= 0.6 is 11.6 Å². The molecule has 0 radical (unpaired) electrons. The fraction of sp³-hybridized carbons (Fsp3) is 0.591. The molecular formula is C22H30ClNO5. The van der Waals surface area contributed by atoms with Crippen molar-refractivity contribution in [2.45, 2.75) is 52.6 Å². The molecule has 1 amide bonds. The Morgan fingerprint density at radius 3 is 2.59 bits per heavy atom. The van der Waals surface area contributed by atoms with Crippen molar-refractivity contribution in [3.8, 4) is 0 Å². The van der Waals surface area contributed by atoms with E-state index in [-0.39, 0.29) is 25.0 Å². The summed E-state index contributed by atoms with van der Waals surface area (Å²) in [5.41, 5.74) is 0.340. The molecule has 0 saturated heterocycles. The van der Waals surface area contributed by atoms with Crippen molar-refractivity contribution >= 4 is 29.4 Å². The Balaban J connectivity index is 1.69. The van der Waals surface area contributed by atoms with E-state index in [0.29, 0.717) is 28.3 Å². The van der Waals surface area contributed by atoms with Gasteiger partial charge in [0.1, 0.15) is 6.10 Å². The highest BCUT2D eigenvalue weighted by Gasteiger charge is 2.33. The van der Waals surface area contributed by atoms with Crippen LogP contribution in [0.2, 0.25) is 5.02 Å². The third-order valence-corrected chi connectivity index (χ3v) is 5.66. The Kier molecular flexibility index (Phi) is 8.96. The van der Waals surface area contributed by atoms with Gasteiger partial charge in [-0.15, -0.1) is 0 Å². The topological polar surface area (TPSA) is 81.7 Å². The van der Waals surface area contributed by atoms with Gasteiger partial charge in [0.25, 0.3) is 5.91 Å². The van der Waals surface area contributed by atoms with Gasteiger partial charge in [0.2, 0.25) is 0 Å². The molecule has 0 spiro atoms. The summed E-state index contributed by atoms with van der Waals surface area (Å²) in [6.07, 6.45) is 2.86. The first-order valence-electron chi connectivity index (χ1n) is 10.2. The lowest BCUT2D eigenvalue weighted by atomic mass is 9.75. The molecule has 7 heteroatoms. The van der Waals surface area contributed by atoms with Gasteiger partial charge in [-0.25, -0.2) is 4.79 Å². The number of halogens is 1. The van der Waals surface area contributed by atoms with Crippen LogP contribution in [0, 0.1) is 17.8 Å². The Morgan fingerprint density at radius 1 is 1.17 bits per heavy atom. The quantitative estimate of drug-likeness (QED) is 0.639. The van der Waals surface area contributed by atoms with E-state index in [0.717, 1.165) is 19.3 Å². The summed E-state index contributed by atoms with van der Waals surface area (Å²) in [5.74, 6) is -0.168. The molecule has 0 aliphatic heterocycles. The molecule has 3 atom stereocenters. The number of amides is 1. The van der Waals surface area contributed by atoms with Crippen LogP contribution in [-0.2, 0) is 19.1 Å². The second kappa shape index (κ2) is 11.2. The van der Waals surface area contributed by atoms with E-state index in [2.05, 4.69) is 26.1 Å². The van der Waals surface area contributed by atoms with Crippen LogP contribution in [0.4, 0.5) is 0 Å². The smallest absolute Gasteiger partial charge is 0.344 e. The maximum atomic E-state index is 12.1. The normalized spacial score (nSPS) is 21.5. The van der Waals surface area contributed by atoms with Crippen LogP contribution < -0.4 is 5.32 Å². The highest BCUT2D eigenvalue weighted by Crippen LogP contribution is 2.35. The van der Waals surface area contributed by atoms with E-state index in [4.69, 9.17) is 21.1 Å². The summed E-state index contributed by atoms with van der Waals surface area (Å²) >= 11 is 5.96. The number of ether oxygens (including phenoxy) is 2. The number of rotatable bonds is 8. The van der Waals surface area contributed by atoms with Crippen molar-refractivity contribution in [1.82, 2.24) is 5.32 Å². The largest absolute Gasteiger partial charge is 0.460 e. The minimum Gasteiger partial charge on any atom is -0.460 e. The predicted molar refractivity (Wildman–Crippen MR) is 111 cm³/mol. The van der Waals surface area contributed by atoms with Crippen LogP contribution in [0.15, 0.2) is 24.3 Å². The molecular weight excluding hydrogens is 394 g/mol. The summed E-state index contributed by atoms with van der Waals surface area (Å²) in [5, 5.41) is 2.95. The molecule has 1 saturated carbocycles. The number of nitrogens with one attached hydrogen (secondary N) is 1. The Morgan fingerprint density at radius 2 is 1.90 bits per heavy atom. The molecule has 29 heavy (non-hydrogen) atoms. The summed E-state index contributed by atoms with van der Waals surface area (Å²) < 4.78 is 10.6. The van der Waals surface area contributed by atoms with Crippen LogP contribution in [0.25, 0.3) is 0 Å². The van der Waals surface area contributed by atoms with Crippen LogP contribution in [0.5, 0.6) is 0 Å². The molecule has 1 fully saturated rings. The second-order valence-corrected chi connectivity index (χ2v) is 8.41. The SMILES string of the molecule is CC(C)[C@H]1CC[C@@H](C)C[C@H]1OC(=O)COC(=O)CCNC(=O)c1ccccc1Cl. The van der Waals surface area contributed by atoms with Gasteiger partial charge in [0.15, 0.2) is 6.61 Å². The van der Waals surface area contributed by atoms with Crippen molar-refractivity contribution in [3.05, 3.63) is 34.9 Å². The molecule has 1 aromatic rings. The van der Waals surface area contributed by atoms with Gasteiger partial charge >= 0.3 is 11.9 Å². The molecule has 1 aromatic carbocycles. The number of benzene rings is 1. The van der Waals surface area contributed by atoms with Crippen molar-refractivity contribution in [3.63, 3.8) is 0 Å². The van der Waals surface area contributed by atoms with Crippen LogP contribution in [0.1, 0.15) is 56.8 Å². The van der Waals surface area contributed by atoms with Crippen molar-refractivity contribution in [1.29, 1.82) is 0 Å². The third kappa shape index (κ3) is 7.35.